The first-order valence-corrected chi connectivity index (χ1v) is 12.5. The summed E-state index contributed by atoms with van der Waals surface area (Å²) in [6, 6.07) is 19.7. The minimum atomic E-state index is -0.248. The van der Waals surface area contributed by atoms with Crippen molar-refractivity contribution in [3.63, 3.8) is 0 Å². The Morgan fingerprint density at radius 1 is 0.700 bits per heavy atom. The van der Waals surface area contributed by atoms with Crippen LogP contribution in [0.15, 0.2) is 54.6 Å². The first-order valence-electron chi connectivity index (χ1n) is 12.5. The van der Waals surface area contributed by atoms with Crippen LogP contribution in [0.3, 0.4) is 0 Å². The Hall–Kier alpha value is -1.89. The smallest absolute Gasteiger partial charge is 0.173 e. The van der Waals surface area contributed by atoms with Crippen molar-refractivity contribution < 1.29 is 4.79 Å². The lowest BCUT2D eigenvalue weighted by Gasteiger charge is -2.66. The van der Waals surface area contributed by atoms with Crippen molar-refractivity contribution >= 4 is 5.78 Å². The molecule has 0 saturated heterocycles. The summed E-state index contributed by atoms with van der Waals surface area (Å²) in [5.74, 6) is 7.29. The van der Waals surface area contributed by atoms with E-state index in [1.165, 1.54) is 44.1 Å². The maximum absolute atomic E-state index is 14.8. The lowest BCUT2D eigenvalue weighted by molar-refractivity contribution is -0.0669. The average Bonchev–Trinajstić information content (AvgIpc) is 3.60. The van der Waals surface area contributed by atoms with E-state index in [1.54, 1.807) is 5.56 Å². The van der Waals surface area contributed by atoms with Crippen LogP contribution in [0.1, 0.15) is 65.9 Å². The van der Waals surface area contributed by atoms with E-state index in [-0.39, 0.29) is 5.41 Å². The predicted molar refractivity (Wildman–Crippen MR) is 117 cm³/mol. The number of carbonyl (C=O) groups excluding carboxylic acids is 1. The van der Waals surface area contributed by atoms with Gasteiger partial charge in [-0.25, -0.2) is 0 Å². The summed E-state index contributed by atoms with van der Waals surface area (Å²) in [6.07, 6.45) is 8.39. The van der Waals surface area contributed by atoms with Gasteiger partial charge in [-0.1, -0.05) is 54.6 Å². The van der Waals surface area contributed by atoms with E-state index in [4.69, 9.17) is 0 Å². The van der Waals surface area contributed by atoms with Gasteiger partial charge in [0.2, 0.25) is 0 Å². The van der Waals surface area contributed by atoms with Crippen LogP contribution >= 0.6 is 0 Å². The number of rotatable bonds is 2. The first kappa shape index (κ1) is 16.8. The number of hydrogen-bond acceptors (Lipinski definition) is 1. The molecule has 152 valence electrons. The fourth-order valence-electron chi connectivity index (χ4n) is 10.7. The molecule has 0 radical (unpaired) electrons. The average molecular weight is 395 g/mol. The molecule has 1 heteroatoms. The highest BCUT2D eigenvalue weighted by Crippen LogP contribution is 2.79. The molecule has 5 fully saturated rings. The van der Waals surface area contributed by atoms with Crippen molar-refractivity contribution in [2.45, 2.75) is 49.9 Å². The van der Waals surface area contributed by atoms with E-state index in [1.807, 2.05) is 0 Å². The van der Waals surface area contributed by atoms with Gasteiger partial charge in [0.15, 0.2) is 5.78 Å². The molecule has 5 saturated carbocycles. The molecule has 6 unspecified atom stereocenters. The van der Waals surface area contributed by atoms with E-state index in [9.17, 15) is 4.79 Å². The Labute approximate surface area is 179 Å². The number of hydrogen-bond donors (Lipinski definition) is 0. The van der Waals surface area contributed by atoms with Crippen molar-refractivity contribution in [2.24, 2.45) is 47.3 Å². The fraction of sp³-hybridized carbons (Fsp3) is 0.552. The quantitative estimate of drug-likeness (QED) is 0.551. The van der Waals surface area contributed by atoms with Gasteiger partial charge in [0.1, 0.15) is 0 Å². The summed E-state index contributed by atoms with van der Waals surface area (Å²) in [6.45, 7) is 0. The van der Waals surface area contributed by atoms with Gasteiger partial charge >= 0.3 is 0 Å². The summed E-state index contributed by atoms with van der Waals surface area (Å²) < 4.78 is 0. The highest BCUT2D eigenvalue weighted by Gasteiger charge is 2.76. The maximum Gasteiger partial charge on any atom is 0.173 e. The molecule has 0 aromatic heterocycles. The molecule has 0 spiro atoms. The number of fused-ring (bicyclic) bond motifs is 4. The van der Waals surface area contributed by atoms with Crippen molar-refractivity contribution in [3.05, 3.63) is 71.3 Å². The highest BCUT2D eigenvalue weighted by molar-refractivity contribution is 6.06. The van der Waals surface area contributed by atoms with Crippen LogP contribution in [0, 0.1) is 47.3 Å². The topological polar surface area (TPSA) is 17.1 Å². The first-order chi connectivity index (χ1) is 14.8. The Morgan fingerprint density at radius 3 is 1.93 bits per heavy atom. The number of carbonyl (C=O) groups is 1. The van der Waals surface area contributed by atoms with Gasteiger partial charge in [0, 0.05) is 5.56 Å². The molecule has 30 heavy (non-hydrogen) atoms. The lowest BCUT2D eigenvalue weighted by atomic mass is 9.36. The number of benzene rings is 2. The van der Waals surface area contributed by atoms with Gasteiger partial charge in [-0.15, -0.1) is 0 Å². The SMILES string of the molecule is O=C(c1ccccc1)C12c3ccccc3C(C3C1[C@@H]1CC[C@H]3C1)C1C2[C@H]2CC[C@@H]1C2. The maximum atomic E-state index is 14.8. The molecule has 0 heterocycles. The van der Waals surface area contributed by atoms with E-state index in [0.717, 1.165) is 47.0 Å². The Kier molecular flexibility index (Phi) is 3.06. The summed E-state index contributed by atoms with van der Waals surface area (Å²) in [5, 5.41) is 0. The van der Waals surface area contributed by atoms with Crippen LogP contribution in [0.4, 0.5) is 0 Å². The zero-order valence-electron chi connectivity index (χ0n) is 17.5. The van der Waals surface area contributed by atoms with Gasteiger partial charge in [0.25, 0.3) is 0 Å². The highest BCUT2D eigenvalue weighted by atomic mass is 16.1. The third kappa shape index (κ3) is 1.68. The van der Waals surface area contributed by atoms with Gasteiger partial charge in [0.05, 0.1) is 5.41 Å². The summed E-state index contributed by atoms with van der Waals surface area (Å²) in [7, 11) is 0. The van der Waals surface area contributed by atoms with Gasteiger partial charge < -0.3 is 0 Å². The second-order valence-corrected chi connectivity index (χ2v) is 11.5. The van der Waals surface area contributed by atoms with Crippen molar-refractivity contribution in [2.75, 3.05) is 0 Å². The van der Waals surface area contributed by atoms with Crippen LogP contribution in [0.2, 0.25) is 0 Å². The van der Waals surface area contributed by atoms with Crippen LogP contribution in [0.5, 0.6) is 0 Å². The Balaban J connectivity index is 1.46. The van der Waals surface area contributed by atoms with Crippen LogP contribution in [-0.2, 0) is 5.41 Å². The number of Topliss-reactive ketones (excluding diaryl/α,β-unsaturated/α-hetero) is 1. The van der Waals surface area contributed by atoms with Crippen molar-refractivity contribution in [1.82, 2.24) is 0 Å². The molecule has 10 atom stereocenters. The third-order valence-corrected chi connectivity index (χ3v) is 11.0. The molecule has 0 N–H and O–H groups in total. The van der Waals surface area contributed by atoms with E-state index in [0.29, 0.717) is 17.6 Å². The number of ketones is 1. The largest absolute Gasteiger partial charge is 0.293 e. The second kappa shape index (κ2) is 5.47. The summed E-state index contributed by atoms with van der Waals surface area (Å²) in [4.78, 5) is 14.8. The molecular weight excluding hydrogens is 364 g/mol. The Morgan fingerprint density at radius 2 is 1.27 bits per heavy atom. The molecule has 7 aliphatic rings. The Bertz CT molecular complexity index is 1020. The molecule has 6 bridgehead atoms. The zero-order valence-corrected chi connectivity index (χ0v) is 17.5. The summed E-state index contributed by atoms with van der Waals surface area (Å²) >= 11 is 0. The van der Waals surface area contributed by atoms with Gasteiger partial charge in [-0.05, 0) is 103 Å². The minimum Gasteiger partial charge on any atom is -0.293 e. The molecule has 9 rings (SSSR count). The molecule has 2 aromatic rings. The van der Waals surface area contributed by atoms with Crippen molar-refractivity contribution in [1.29, 1.82) is 0 Å². The van der Waals surface area contributed by atoms with Crippen molar-refractivity contribution in [3.8, 4) is 0 Å². The normalized spacial score (nSPS) is 48.5. The zero-order chi connectivity index (χ0) is 19.6. The second-order valence-electron chi connectivity index (χ2n) is 11.5. The third-order valence-electron chi connectivity index (χ3n) is 11.0. The molecule has 2 aromatic carbocycles. The molecular formula is C29H30O. The van der Waals surface area contributed by atoms with Gasteiger partial charge in [-0.3, -0.25) is 4.79 Å². The van der Waals surface area contributed by atoms with Crippen LogP contribution in [0.25, 0.3) is 0 Å². The molecule has 7 aliphatic carbocycles. The molecule has 1 nitrogen and oxygen atoms in total. The van der Waals surface area contributed by atoms with E-state index in [2.05, 4.69) is 54.6 Å². The van der Waals surface area contributed by atoms with Crippen LogP contribution < -0.4 is 0 Å². The monoisotopic (exact) mass is 394 g/mol. The van der Waals surface area contributed by atoms with E-state index >= 15 is 0 Å². The predicted octanol–water partition coefficient (Wildman–Crippen LogP) is 6.24. The van der Waals surface area contributed by atoms with Crippen LogP contribution in [-0.4, -0.2) is 5.78 Å². The standard InChI is InChI=1S/C29H30O/c30-28(16-6-2-1-3-7-16)29-22-9-5-4-8-21(22)25(23-17-10-12-19(14-17)26(23)29)24-18-11-13-20(15-18)27(24)29/h1-9,17-20,23-27H,10-15H2/t17-,18+,19+,20-,23?,24?,25?,26?,27?,29?. The van der Waals surface area contributed by atoms with Gasteiger partial charge in [-0.2, -0.15) is 0 Å². The molecule has 0 aliphatic heterocycles. The molecule has 0 amide bonds. The summed E-state index contributed by atoms with van der Waals surface area (Å²) in [5.41, 5.74) is 3.77. The van der Waals surface area contributed by atoms with E-state index < -0.39 is 0 Å². The fourth-order valence-corrected chi connectivity index (χ4v) is 10.7. The minimum absolute atomic E-state index is 0.248. The lowest BCUT2D eigenvalue weighted by Crippen LogP contribution is -2.66.